The van der Waals surface area contributed by atoms with E-state index >= 15 is 0 Å². The average Bonchev–Trinajstić information content (AvgIpc) is 2.61. The Balaban J connectivity index is -0.00000225. The number of hydrogen-bond acceptors (Lipinski definition) is 1. The van der Waals surface area contributed by atoms with Gasteiger partial charge < -0.3 is 7.16 Å². The summed E-state index contributed by atoms with van der Waals surface area (Å²) >= 11 is 0. The van der Waals surface area contributed by atoms with Crippen LogP contribution in [0.15, 0.2) is 24.3 Å². The van der Waals surface area contributed by atoms with Crippen molar-refractivity contribution in [2.24, 2.45) is 5.73 Å². The topological polar surface area (TPSA) is 26.0 Å². The van der Waals surface area contributed by atoms with Gasteiger partial charge in [0.25, 0.3) is 0 Å². The predicted octanol–water partition coefficient (Wildman–Crippen LogP) is 5.44. The summed E-state index contributed by atoms with van der Waals surface area (Å²) < 4.78 is 0. The van der Waals surface area contributed by atoms with Gasteiger partial charge in [0, 0.05) is 5.54 Å². The average molecular weight is 420 g/mol. The predicted molar refractivity (Wildman–Crippen MR) is 126 cm³/mol. The summed E-state index contributed by atoms with van der Waals surface area (Å²) in [6.07, 6.45) is 21.0. The SMILES string of the molecule is CCCCCCCCCCCCCCCCc1ccccc1C(C)(C)N.Cl.[H-].[Na+]. The van der Waals surface area contributed by atoms with Crippen molar-refractivity contribution in [1.82, 2.24) is 0 Å². The molecule has 1 nitrogen and oxygen atoms in total. The number of rotatable bonds is 16. The van der Waals surface area contributed by atoms with Crippen molar-refractivity contribution in [1.29, 1.82) is 0 Å². The van der Waals surface area contributed by atoms with E-state index in [0.29, 0.717) is 0 Å². The van der Waals surface area contributed by atoms with Crippen molar-refractivity contribution in [3.05, 3.63) is 35.4 Å². The van der Waals surface area contributed by atoms with Gasteiger partial charge in [-0.15, -0.1) is 12.4 Å². The molecule has 0 aliphatic heterocycles. The van der Waals surface area contributed by atoms with Gasteiger partial charge in [-0.25, -0.2) is 0 Å². The summed E-state index contributed by atoms with van der Waals surface area (Å²) in [6.45, 7) is 6.51. The molecule has 0 amide bonds. The molecule has 0 saturated carbocycles. The van der Waals surface area contributed by atoms with Crippen molar-refractivity contribution in [2.75, 3.05) is 0 Å². The maximum Gasteiger partial charge on any atom is 1.00 e. The summed E-state index contributed by atoms with van der Waals surface area (Å²) in [7, 11) is 0. The third-order valence-corrected chi connectivity index (χ3v) is 5.51. The van der Waals surface area contributed by atoms with Crippen LogP contribution in [0.1, 0.15) is 123 Å². The first kappa shape index (κ1) is 30.7. The molecule has 0 fully saturated rings. The van der Waals surface area contributed by atoms with Crippen LogP contribution in [0.3, 0.4) is 0 Å². The molecule has 160 valence electrons. The van der Waals surface area contributed by atoms with Crippen LogP contribution in [-0.4, -0.2) is 0 Å². The van der Waals surface area contributed by atoms with E-state index < -0.39 is 0 Å². The van der Waals surface area contributed by atoms with Gasteiger partial charge in [0.15, 0.2) is 0 Å². The summed E-state index contributed by atoms with van der Waals surface area (Å²) in [5, 5.41) is 0. The van der Waals surface area contributed by atoms with E-state index in [0.717, 1.165) is 0 Å². The van der Waals surface area contributed by atoms with Gasteiger partial charge in [-0.2, -0.15) is 0 Å². The van der Waals surface area contributed by atoms with Crippen LogP contribution in [0.5, 0.6) is 0 Å². The van der Waals surface area contributed by atoms with Crippen LogP contribution in [-0.2, 0) is 12.0 Å². The zero-order chi connectivity index (χ0) is 19.1. The molecule has 2 N–H and O–H groups in total. The largest absolute Gasteiger partial charge is 1.00 e. The van der Waals surface area contributed by atoms with Crippen LogP contribution in [0.2, 0.25) is 0 Å². The number of unbranched alkanes of at least 4 members (excludes halogenated alkanes) is 13. The molecule has 0 heterocycles. The van der Waals surface area contributed by atoms with Gasteiger partial charge in [-0.1, -0.05) is 115 Å². The summed E-state index contributed by atoms with van der Waals surface area (Å²) in [6, 6.07) is 8.71. The fourth-order valence-corrected chi connectivity index (χ4v) is 3.88. The van der Waals surface area contributed by atoms with E-state index in [1.807, 2.05) is 0 Å². The maximum atomic E-state index is 6.31. The fraction of sp³-hybridized carbons (Fsp3) is 0.760. The number of halogens is 1. The second kappa shape index (κ2) is 19.4. The molecule has 0 atom stereocenters. The molecule has 3 heteroatoms. The Bertz CT molecular complexity index is 462. The molecule has 0 spiro atoms. The minimum atomic E-state index is -0.230. The normalized spacial score (nSPS) is 11.0. The van der Waals surface area contributed by atoms with Crippen LogP contribution in [0, 0.1) is 0 Å². The molecule has 28 heavy (non-hydrogen) atoms. The number of hydrogen-bond donors (Lipinski definition) is 1. The van der Waals surface area contributed by atoms with Crippen LogP contribution < -0.4 is 35.3 Å². The first-order valence-corrected chi connectivity index (χ1v) is 11.4. The van der Waals surface area contributed by atoms with Crippen molar-refractivity contribution < 1.29 is 31.0 Å². The molecular weight excluding hydrogens is 373 g/mol. The van der Waals surface area contributed by atoms with Gasteiger partial charge >= 0.3 is 29.6 Å². The fourth-order valence-electron chi connectivity index (χ4n) is 3.88. The first-order valence-electron chi connectivity index (χ1n) is 11.4. The summed E-state index contributed by atoms with van der Waals surface area (Å²) in [5.74, 6) is 0. The molecule has 0 aliphatic carbocycles. The molecule has 0 bridgehead atoms. The van der Waals surface area contributed by atoms with E-state index in [1.54, 1.807) is 0 Å². The minimum absolute atomic E-state index is 0. The molecule has 0 saturated heterocycles. The molecule has 1 aromatic carbocycles. The van der Waals surface area contributed by atoms with Gasteiger partial charge in [0.1, 0.15) is 0 Å². The van der Waals surface area contributed by atoms with E-state index in [-0.39, 0.29) is 48.9 Å². The smallest absolute Gasteiger partial charge is 1.00 e. The zero-order valence-corrected chi connectivity index (χ0v) is 22.2. The second-order valence-electron chi connectivity index (χ2n) is 8.73. The van der Waals surface area contributed by atoms with E-state index in [4.69, 9.17) is 5.73 Å². The zero-order valence-electron chi connectivity index (χ0n) is 20.4. The maximum absolute atomic E-state index is 6.31. The van der Waals surface area contributed by atoms with E-state index in [9.17, 15) is 0 Å². The number of benzene rings is 1. The monoisotopic (exact) mass is 419 g/mol. The Morgan fingerprint density at radius 2 is 1.11 bits per heavy atom. The van der Waals surface area contributed by atoms with Crippen LogP contribution >= 0.6 is 12.4 Å². The molecule has 1 aromatic rings. The Kier molecular flexibility index (Phi) is 21.3. The van der Waals surface area contributed by atoms with Gasteiger partial charge in [-0.05, 0) is 37.8 Å². The summed E-state index contributed by atoms with van der Waals surface area (Å²) in [4.78, 5) is 0. The first-order chi connectivity index (χ1) is 12.6. The van der Waals surface area contributed by atoms with Crippen LogP contribution in [0.25, 0.3) is 0 Å². The Hall–Kier alpha value is 0.470. The second-order valence-corrected chi connectivity index (χ2v) is 8.73. The number of aryl methyl sites for hydroxylation is 1. The van der Waals surface area contributed by atoms with Crippen molar-refractivity contribution >= 4 is 12.4 Å². The van der Waals surface area contributed by atoms with Gasteiger partial charge in [0.2, 0.25) is 0 Å². The van der Waals surface area contributed by atoms with Crippen molar-refractivity contribution in [3.63, 3.8) is 0 Å². The Morgan fingerprint density at radius 1 is 0.714 bits per heavy atom. The van der Waals surface area contributed by atoms with E-state index in [2.05, 4.69) is 45.0 Å². The summed E-state index contributed by atoms with van der Waals surface area (Å²) in [5.41, 5.74) is 8.84. The van der Waals surface area contributed by atoms with Crippen molar-refractivity contribution in [3.8, 4) is 0 Å². The van der Waals surface area contributed by atoms with E-state index in [1.165, 1.54) is 107 Å². The Labute approximate surface area is 206 Å². The quantitative estimate of drug-likeness (QED) is 0.280. The van der Waals surface area contributed by atoms with Crippen LogP contribution in [0.4, 0.5) is 0 Å². The molecule has 0 aliphatic rings. The molecule has 0 unspecified atom stereocenters. The third-order valence-electron chi connectivity index (χ3n) is 5.51. The van der Waals surface area contributed by atoms with Gasteiger partial charge in [0.05, 0.1) is 0 Å². The van der Waals surface area contributed by atoms with Gasteiger partial charge in [-0.3, -0.25) is 0 Å². The number of nitrogens with two attached hydrogens (primary N) is 1. The molecule has 1 rings (SSSR count). The Morgan fingerprint density at radius 3 is 1.54 bits per heavy atom. The van der Waals surface area contributed by atoms with Crippen molar-refractivity contribution in [2.45, 2.75) is 123 Å². The molecular formula is C25H47ClNNa. The standard InChI is InChI=1S/C25H45N.ClH.Na.H/c1-4-5-6-7-8-9-10-11-12-13-14-15-16-17-20-23-21-18-19-22-24(23)25(2,3)26;;;/h18-19,21-22H,4-17,20,26H2,1-3H3;1H;;/q;;+1;-1. The third kappa shape index (κ3) is 15.3. The molecule has 0 radical (unpaired) electrons. The molecule has 0 aromatic heterocycles. The minimum Gasteiger partial charge on any atom is -1.00 e.